The van der Waals surface area contributed by atoms with Crippen LogP contribution in [-0.4, -0.2) is 35.3 Å². The summed E-state index contributed by atoms with van der Waals surface area (Å²) in [5.41, 5.74) is 1.16. The molecule has 0 bridgehead atoms. The van der Waals surface area contributed by atoms with Gasteiger partial charge in [-0.1, -0.05) is 35.9 Å². The van der Waals surface area contributed by atoms with E-state index in [2.05, 4.69) is 0 Å². The molecule has 8 heteroatoms. The van der Waals surface area contributed by atoms with Crippen molar-refractivity contribution in [3.8, 4) is 5.75 Å². The van der Waals surface area contributed by atoms with Crippen LogP contribution in [0.4, 0.5) is 5.69 Å². The minimum atomic E-state index is -0.917. The van der Waals surface area contributed by atoms with E-state index in [1.807, 2.05) is 19.1 Å². The van der Waals surface area contributed by atoms with Crippen molar-refractivity contribution in [2.45, 2.75) is 25.9 Å². The maximum atomic E-state index is 13.4. The molecule has 0 saturated carbocycles. The third-order valence-corrected chi connectivity index (χ3v) is 6.42. The van der Waals surface area contributed by atoms with E-state index in [1.165, 1.54) is 16.2 Å². The van der Waals surface area contributed by atoms with Gasteiger partial charge < -0.3 is 9.64 Å². The highest BCUT2D eigenvalue weighted by Gasteiger charge is 2.44. The van der Waals surface area contributed by atoms with Crippen LogP contribution in [0, 0.1) is 0 Å². The zero-order valence-electron chi connectivity index (χ0n) is 17.4. The Balaban J connectivity index is 1.65. The fraction of sp³-hybridized carbons (Fsp3) is 0.208. The lowest BCUT2D eigenvalue weighted by atomic mass is 10.1. The highest BCUT2D eigenvalue weighted by atomic mass is 35.5. The van der Waals surface area contributed by atoms with Crippen molar-refractivity contribution in [1.82, 2.24) is 4.90 Å². The quantitative estimate of drug-likeness (QED) is 0.468. The summed E-state index contributed by atoms with van der Waals surface area (Å²) in [6.45, 7) is 2.52. The Morgan fingerprint density at radius 2 is 1.88 bits per heavy atom. The van der Waals surface area contributed by atoms with Crippen LogP contribution >= 0.6 is 22.9 Å². The molecule has 1 aliphatic heterocycles. The smallest absolute Gasteiger partial charge is 0.264 e. The summed E-state index contributed by atoms with van der Waals surface area (Å²) in [6.07, 6.45) is -0.0897. The topological polar surface area (TPSA) is 66.9 Å². The van der Waals surface area contributed by atoms with E-state index in [0.717, 1.165) is 4.90 Å². The van der Waals surface area contributed by atoms with Crippen LogP contribution < -0.4 is 9.64 Å². The number of thiophene rings is 1. The zero-order valence-corrected chi connectivity index (χ0v) is 18.9. The summed E-state index contributed by atoms with van der Waals surface area (Å²) < 4.78 is 5.43. The third kappa shape index (κ3) is 4.40. The molecule has 1 saturated heterocycles. The maximum absolute atomic E-state index is 13.4. The molecule has 1 fully saturated rings. The second kappa shape index (κ2) is 9.54. The van der Waals surface area contributed by atoms with Gasteiger partial charge in [-0.05, 0) is 54.3 Å². The fourth-order valence-corrected chi connectivity index (χ4v) is 4.54. The first-order valence-corrected chi connectivity index (χ1v) is 11.4. The molecule has 0 spiro atoms. The third-order valence-electron chi connectivity index (χ3n) is 5.20. The minimum absolute atomic E-state index is 0.0897. The second-order valence-electron chi connectivity index (χ2n) is 7.22. The Labute approximate surface area is 195 Å². The van der Waals surface area contributed by atoms with Crippen molar-refractivity contribution in [3.05, 3.63) is 81.5 Å². The van der Waals surface area contributed by atoms with E-state index >= 15 is 0 Å². The van der Waals surface area contributed by atoms with Crippen molar-refractivity contribution in [1.29, 1.82) is 0 Å². The van der Waals surface area contributed by atoms with Crippen molar-refractivity contribution in [3.63, 3.8) is 0 Å². The number of carbonyl (C=O) groups is 3. The normalized spacial score (nSPS) is 15.8. The van der Waals surface area contributed by atoms with Gasteiger partial charge in [-0.2, -0.15) is 0 Å². The molecule has 32 heavy (non-hydrogen) atoms. The number of amides is 3. The average molecular weight is 469 g/mol. The van der Waals surface area contributed by atoms with Crippen molar-refractivity contribution >= 4 is 46.3 Å². The van der Waals surface area contributed by atoms with Gasteiger partial charge in [0.05, 0.1) is 23.6 Å². The molecule has 1 unspecified atom stereocenters. The second-order valence-corrected chi connectivity index (χ2v) is 8.57. The molecule has 1 atom stereocenters. The predicted molar refractivity (Wildman–Crippen MR) is 124 cm³/mol. The Morgan fingerprint density at radius 1 is 1.12 bits per heavy atom. The van der Waals surface area contributed by atoms with Gasteiger partial charge in [-0.15, -0.1) is 11.3 Å². The van der Waals surface area contributed by atoms with E-state index in [0.29, 0.717) is 33.5 Å². The summed E-state index contributed by atoms with van der Waals surface area (Å²) >= 11 is 7.62. The molecule has 164 valence electrons. The number of imide groups is 1. The standard InChI is InChI=1S/C24H21ClN2O4S/c1-2-31-18-11-9-17(10-12-18)27-22(28)14-20(23(27)29)26(24(30)21-8-5-13-32-21)15-16-6-3-4-7-19(16)25/h3-13,20H,2,14-15H2,1H3. The van der Waals surface area contributed by atoms with Crippen LogP contribution in [0.3, 0.4) is 0 Å². The highest BCUT2D eigenvalue weighted by molar-refractivity contribution is 7.12. The van der Waals surface area contributed by atoms with Gasteiger partial charge in [0.15, 0.2) is 0 Å². The molecule has 3 amide bonds. The minimum Gasteiger partial charge on any atom is -0.494 e. The first-order valence-electron chi connectivity index (χ1n) is 10.2. The number of carbonyl (C=O) groups excluding carboxylic acids is 3. The molecule has 0 aliphatic carbocycles. The van der Waals surface area contributed by atoms with Crippen LogP contribution in [0.15, 0.2) is 66.0 Å². The van der Waals surface area contributed by atoms with Crippen molar-refractivity contribution in [2.24, 2.45) is 0 Å². The molecule has 0 N–H and O–H groups in total. The first-order chi connectivity index (χ1) is 15.5. The van der Waals surface area contributed by atoms with E-state index in [1.54, 1.807) is 53.9 Å². The van der Waals surface area contributed by atoms with Crippen molar-refractivity contribution < 1.29 is 19.1 Å². The number of hydrogen-bond acceptors (Lipinski definition) is 5. The lowest BCUT2D eigenvalue weighted by molar-refractivity contribution is -0.122. The first kappa shape index (κ1) is 22.0. The average Bonchev–Trinajstić information content (AvgIpc) is 3.42. The molecule has 6 nitrogen and oxygen atoms in total. The van der Waals surface area contributed by atoms with Gasteiger partial charge in [-0.25, -0.2) is 4.90 Å². The van der Waals surface area contributed by atoms with E-state index in [-0.39, 0.29) is 24.8 Å². The van der Waals surface area contributed by atoms with Crippen LogP contribution in [0.2, 0.25) is 5.02 Å². The number of ether oxygens (including phenoxy) is 1. The lowest BCUT2D eigenvalue weighted by Crippen LogP contribution is -2.45. The number of halogens is 1. The van der Waals surface area contributed by atoms with Crippen LogP contribution in [0.1, 0.15) is 28.6 Å². The monoisotopic (exact) mass is 468 g/mol. The summed E-state index contributed by atoms with van der Waals surface area (Å²) in [6, 6.07) is 16.5. The number of benzene rings is 2. The fourth-order valence-electron chi connectivity index (χ4n) is 3.66. The molecule has 3 aromatic rings. The summed E-state index contributed by atoms with van der Waals surface area (Å²) in [5, 5.41) is 2.30. The number of hydrogen-bond donors (Lipinski definition) is 0. The largest absolute Gasteiger partial charge is 0.494 e. The lowest BCUT2D eigenvalue weighted by Gasteiger charge is -2.27. The summed E-state index contributed by atoms with van der Waals surface area (Å²) in [7, 11) is 0. The molecule has 0 radical (unpaired) electrons. The molecule has 1 aromatic heterocycles. The summed E-state index contributed by atoms with van der Waals surface area (Å²) in [5.74, 6) is -0.442. The Hall–Kier alpha value is -3.16. The van der Waals surface area contributed by atoms with Gasteiger partial charge in [0, 0.05) is 11.6 Å². The van der Waals surface area contributed by atoms with Gasteiger partial charge in [0.25, 0.3) is 11.8 Å². The van der Waals surface area contributed by atoms with Crippen LogP contribution in [0.25, 0.3) is 0 Å². The Bertz CT molecular complexity index is 1130. The molecular formula is C24H21ClN2O4S. The van der Waals surface area contributed by atoms with E-state index in [9.17, 15) is 14.4 Å². The molecular weight excluding hydrogens is 448 g/mol. The highest BCUT2D eigenvalue weighted by Crippen LogP contribution is 2.30. The molecule has 2 heterocycles. The molecule has 2 aromatic carbocycles. The summed E-state index contributed by atoms with van der Waals surface area (Å²) in [4.78, 5) is 42.6. The Morgan fingerprint density at radius 3 is 2.53 bits per heavy atom. The number of rotatable bonds is 7. The zero-order chi connectivity index (χ0) is 22.7. The number of anilines is 1. The van der Waals surface area contributed by atoms with Gasteiger partial charge in [0.2, 0.25) is 5.91 Å². The number of nitrogens with zero attached hydrogens (tertiary/aromatic N) is 2. The Kier molecular flexibility index (Phi) is 6.58. The van der Waals surface area contributed by atoms with Gasteiger partial charge >= 0.3 is 0 Å². The SMILES string of the molecule is CCOc1ccc(N2C(=O)CC(N(Cc3ccccc3Cl)C(=O)c3cccs3)C2=O)cc1. The predicted octanol–water partition coefficient (Wildman–Crippen LogP) is 4.77. The van der Waals surface area contributed by atoms with E-state index < -0.39 is 11.9 Å². The van der Waals surface area contributed by atoms with Gasteiger partial charge in [-0.3, -0.25) is 14.4 Å². The molecule has 1 aliphatic rings. The van der Waals surface area contributed by atoms with Crippen LogP contribution in [0.5, 0.6) is 5.75 Å². The van der Waals surface area contributed by atoms with Crippen molar-refractivity contribution in [2.75, 3.05) is 11.5 Å². The van der Waals surface area contributed by atoms with Gasteiger partial charge in [0.1, 0.15) is 11.8 Å². The van der Waals surface area contributed by atoms with Crippen LogP contribution in [-0.2, 0) is 16.1 Å². The maximum Gasteiger partial charge on any atom is 0.264 e. The molecule has 4 rings (SSSR count). The van der Waals surface area contributed by atoms with E-state index in [4.69, 9.17) is 16.3 Å².